The third-order valence-electron chi connectivity index (χ3n) is 6.24. The van der Waals surface area contributed by atoms with Crippen molar-refractivity contribution in [1.29, 1.82) is 5.26 Å². The number of nitrogens with zero attached hydrogens (tertiary/aromatic N) is 3. The number of ether oxygens (including phenoxy) is 3. The first kappa shape index (κ1) is 32.8. The maximum Gasteiger partial charge on any atom is 0.459 e. The number of nitrogens with one attached hydrogen (secondary N) is 1. The highest BCUT2D eigenvalue weighted by molar-refractivity contribution is 7.52. The Morgan fingerprint density at radius 2 is 1.86 bits per heavy atom. The van der Waals surface area contributed by atoms with E-state index < -0.39 is 73.9 Å². The van der Waals surface area contributed by atoms with E-state index in [1.54, 1.807) is 45.9 Å². The van der Waals surface area contributed by atoms with Gasteiger partial charge < -0.3 is 24.5 Å². The summed E-state index contributed by atoms with van der Waals surface area (Å²) in [7, 11) is -4.34. The highest BCUT2D eigenvalue weighted by Gasteiger charge is 2.58. The lowest BCUT2D eigenvalue weighted by Gasteiger charge is -2.29. The Kier molecular flexibility index (Phi) is 10.5. The monoisotopic (exact) mass is 605 g/mol. The van der Waals surface area contributed by atoms with Crippen LogP contribution in [0.1, 0.15) is 47.8 Å². The molecule has 2 aromatic rings. The molecule has 0 amide bonds. The molecule has 1 aliphatic rings. The first-order valence-electron chi connectivity index (χ1n) is 13.3. The number of carbonyl (C=O) groups excluding carboxylic acids is 2. The summed E-state index contributed by atoms with van der Waals surface area (Å²) in [5.74, 6) is -1.75. The maximum absolute atomic E-state index is 14.0. The number of hydrogen-bond donors (Lipinski definition) is 2. The van der Waals surface area contributed by atoms with E-state index in [1.807, 2.05) is 0 Å². The first-order valence-corrected chi connectivity index (χ1v) is 14.8. The first-order chi connectivity index (χ1) is 19.7. The molecule has 1 unspecified atom stereocenters. The normalized spacial score (nSPS) is 24.0. The van der Waals surface area contributed by atoms with Gasteiger partial charge in [0, 0.05) is 6.20 Å². The Balaban J connectivity index is 1.96. The molecule has 14 nitrogen and oxygen atoms in total. The average molecular weight is 606 g/mol. The zero-order valence-corrected chi connectivity index (χ0v) is 25.1. The van der Waals surface area contributed by atoms with Gasteiger partial charge in [-0.1, -0.05) is 32.0 Å². The van der Waals surface area contributed by atoms with E-state index in [9.17, 15) is 24.2 Å². The number of nitrogen functional groups attached to an aromatic ring is 1. The van der Waals surface area contributed by atoms with Gasteiger partial charge in [0.1, 0.15) is 29.1 Å². The Morgan fingerprint density at radius 1 is 1.19 bits per heavy atom. The van der Waals surface area contributed by atoms with E-state index in [4.69, 9.17) is 29.0 Å². The van der Waals surface area contributed by atoms with Crippen molar-refractivity contribution in [1.82, 2.24) is 14.6 Å². The van der Waals surface area contributed by atoms with Crippen molar-refractivity contribution >= 4 is 25.5 Å². The van der Waals surface area contributed by atoms with Crippen molar-refractivity contribution in [2.45, 2.75) is 72.1 Å². The predicted molar refractivity (Wildman–Crippen MR) is 150 cm³/mol. The molecule has 0 spiro atoms. The third kappa shape index (κ3) is 7.74. The molecule has 15 heteroatoms. The summed E-state index contributed by atoms with van der Waals surface area (Å²) in [6, 6.07) is 10.5. The highest BCUT2D eigenvalue weighted by Crippen LogP contribution is 2.50. The molecule has 1 aliphatic heterocycles. The maximum atomic E-state index is 14.0. The van der Waals surface area contributed by atoms with Crippen molar-refractivity contribution in [3.63, 3.8) is 0 Å². The molecule has 0 radical (unpaired) electrons. The van der Waals surface area contributed by atoms with Crippen molar-refractivity contribution in [3.05, 3.63) is 53.1 Å². The summed E-state index contributed by atoms with van der Waals surface area (Å²) in [5, 5.41) is 12.8. The fourth-order valence-electron chi connectivity index (χ4n) is 4.07. The molecule has 3 N–H and O–H groups in total. The molecule has 6 atom stereocenters. The summed E-state index contributed by atoms with van der Waals surface area (Å²) in [5.41, 5.74) is 3.21. The fourth-order valence-corrected chi connectivity index (χ4v) is 5.58. The van der Waals surface area contributed by atoms with E-state index in [-0.39, 0.29) is 11.6 Å². The number of carbonyl (C=O) groups is 2. The van der Waals surface area contributed by atoms with Gasteiger partial charge in [-0.15, -0.1) is 0 Å². The number of nitriles is 1. The predicted octanol–water partition coefficient (Wildman–Crippen LogP) is 2.95. The molecular weight excluding hydrogens is 569 g/mol. The van der Waals surface area contributed by atoms with Gasteiger partial charge in [-0.25, -0.2) is 9.36 Å². The molecule has 3 rings (SSSR count). The van der Waals surface area contributed by atoms with Crippen molar-refractivity contribution < 1.29 is 37.4 Å². The molecule has 2 heterocycles. The minimum atomic E-state index is -4.34. The molecule has 0 saturated carbocycles. The smallest absolute Gasteiger partial charge is 0.459 e. The lowest BCUT2D eigenvalue weighted by Crippen LogP contribution is -2.43. The van der Waals surface area contributed by atoms with Crippen LogP contribution in [0.3, 0.4) is 0 Å². The number of rotatable bonds is 12. The second-order valence-corrected chi connectivity index (χ2v) is 12.2. The topological polar surface area (TPSA) is 194 Å². The van der Waals surface area contributed by atoms with E-state index in [0.29, 0.717) is 0 Å². The van der Waals surface area contributed by atoms with E-state index in [1.165, 1.54) is 38.2 Å². The zero-order valence-electron chi connectivity index (χ0n) is 24.3. The third-order valence-corrected chi connectivity index (χ3v) is 7.88. The minimum Gasteiger partial charge on any atom is -0.462 e. The summed E-state index contributed by atoms with van der Waals surface area (Å²) in [6.07, 6.45) is -2.89. The minimum absolute atomic E-state index is 0.0363. The van der Waals surface area contributed by atoms with Crippen LogP contribution in [0.5, 0.6) is 5.75 Å². The van der Waals surface area contributed by atoms with Crippen LogP contribution in [-0.2, 0) is 32.9 Å². The number of esters is 2. The van der Waals surface area contributed by atoms with Crippen LogP contribution in [0, 0.1) is 22.7 Å². The van der Waals surface area contributed by atoms with Crippen LogP contribution in [0.25, 0.3) is 0 Å². The largest absolute Gasteiger partial charge is 0.462 e. The van der Waals surface area contributed by atoms with Gasteiger partial charge in [-0.05, 0) is 45.9 Å². The molecule has 228 valence electrons. The van der Waals surface area contributed by atoms with Crippen molar-refractivity contribution in [2.75, 3.05) is 12.3 Å². The van der Waals surface area contributed by atoms with Gasteiger partial charge in [0.2, 0.25) is 0 Å². The molecule has 1 aromatic carbocycles. The summed E-state index contributed by atoms with van der Waals surface area (Å²) in [6.45, 7) is 8.91. The average Bonchev–Trinajstić information content (AvgIpc) is 3.19. The number of nitrogens with two attached hydrogens (primary N) is 1. The Hall–Kier alpha value is -3.76. The zero-order chi connectivity index (χ0) is 31.2. The van der Waals surface area contributed by atoms with Crippen LogP contribution >= 0.6 is 7.75 Å². The lowest BCUT2D eigenvalue weighted by molar-refractivity contribution is -0.159. The second-order valence-electron chi connectivity index (χ2n) is 10.5. The van der Waals surface area contributed by atoms with Crippen molar-refractivity contribution in [2.24, 2.45) is 11.3 Å². The number of para-hydroxylation sites is 1. The number of benzene rings is 1. The molecule has 1 aromatic heterocycles. The van der Waals surface area contributed by atoms with Gasteiger partial charge >= 0.3 is 25.4 Å². The fraction of sp³-hybridized carbons (Fsp3) is 0.519. The molecule has 1 fully saturated rings. The summed E-state index contributed by atoms with van der Waals surface area (Å²) in [4.78, 5) is 41.5. The van der Waals surface area contributed by atoms with Crippen LogP contribution in [-0.4, -0.2) is 52.5 Å². The van der Waals surface area contributed by atoms with Crippen LogP contribution < -0.4 is 21.0 Å². The van der Waals surface area contributed by atoms with Gasteiger partial charge in [-0.3, -0.25) is 18.7 Å². The van der Waals surface area contributed by atoms with Crippen LogP contribution in [0.2, 0.25) is 0 Å². The highest BCUT2D eigenvalue weighted by atomic mass is 31.2. The van der Waals surface area contributed by atoms with Gasteiger partial charge in [0.15, 0.2) is 12.3 Å². The standard InChI is InChI=1S/C27H36N5O9P/c1-16(2)23(33)40-22-20(39-25(27(22,6)15-28)32-13-12-21(29)30-26(32)35)14-37-42(36,41-19-10-8-7-9-11-19)31-18(5)24(34)38-17(3)4/h7-13,16-18,20,22,25H,14H2,1-6H3,(H,31,36)(H2,29,30,35)/t18-,20+,22+,25?,27+,42+/m0/s1. The van der Waals surface area contributed by atoms with Gasteiger partial charge in [0.05, 0.1) is 24.7 Å². The Labute approximate surface area is 243 Å². The molecular formula is C27H36N5O9P. The van der Waals surface area contributed by atoms with Gasteiger partial charge in [0.25, 0.3) is 0 Å². The van der Waals surface area contributed by atoms with E-state index in [2.05, 4.69) is 16.1 Å². The summed E-state index contributed by atoms with van der Waals surface area (Å²) >= 11 is 0. The number of anilines is 1. The van der Waals surface area contributed by atoms with Crippen LogP contribution in [0.4, 0.5) is 5.82 Å². The Bertz CT molecular complexity index is 1410. The quantitative estimate of drug-likeness (QED) is 0.265. The van der Waals surface area contributed by atoms with Crippen molar-refractivity contribution in [3.8, 4) is 11.8 Å². The second kappa shape index (κ2) is 13.5. The number of aromatic nitrogens is 2. The van der Waals surface area contributed by atoms with E-state index in [0.717, 1.165) is 4.57 Å². The van der Waals surface area contributed by atoms with Gasteiger partial charge in [-0.2, -0.15) is 15.3 Å². The SMILES string of the molecule is CC(C)OC(=O)[C@H](C)N[P@@](=O)(OC[C@H]1OC(n2ccc(N)nc2=O)[C@](C)(C#N)[C@@H]1OC(=O)C(C)C)Oc1ccccc1. The van der Waals surface area contributed by atoms with Crippen LogP contribution in [0.15, 0.2) is 47.4 Å². The Morgan fingerprint density at radius 3 is 2.43 bits per heavy atom. The lowest BCUT2D eigenvalue weighted by atomic mass is 9.83. The molecule has 42 heavy (non-hydrogen) atoms. The van der Waals surface area contributed by atoms with E-state index >= 15 is 0 Å². The molecule has 0 aliphatic carbocycles. The molecule has 1 saturated heterocycles. The molecule has 0 bridgehead atoms. The number of hydrogen-bond acceptors (Lipinski definition) is 12. The summed E-state index contributed by atoms with van der Waals surface area (Å²) < 4.78 is 43.4.